The average molecular weight is 312 g/mol. The van der Waals surface area contributed by atoms with Crippen LogP contribution in [0.3, 0.4) is 0 Å². The van der Waals surface area contributed by atoms with E-state index in [9.17, 15) is 0 Å². The summed E-state index contributed by atoms with van der Waals surface area (Å²) < 4.78 is 6.36. The van der Waals surface area contributed by atoms with E-state index >= 15 is 0 Å². The Morgan fingerprint density at radius 1 is 1.33 bits per heavy atom. The van der Waals surface area contributed by atoms with Gasteiger partial charge in [0.15, 0.2) is 0 Å². The van der Waals surface area contributed by atoms with Crippen molar-refractivity contribution in [2.75, 3.05) is 12.4 Å². The molecule has 0 spiro atoms. The van der Waals surface area contributed by atoms with Crippen molar-refractivity contribution >= 4 is 21.6 Å². The lowest BCUT2D eigenvalue weighted by Gasteiger charge is -2.30. The first-order valence-electron chi connectivity index (χ1n) is 6.82. The summed E-state index contributed by atoms with van der Waals surface area (Å²) in [6, 6.07) is 6.79. The highest BCUT2D eigenvalue weighted by Gasteiger charge is 2.20. The maximum atomic E-state index is 5.30. The molecule has 1 fully saturated rings. The van der Waals surface area contributed by atoms with Crippen LogP contribution in [0.2, 0.25) is 0 Å². The Labute approximate surface area is 118 Å². The van der Waals surface area contributed by atoms with E-state index in [0.717, 1.165) is 21.8 Å². The zero-order valence-electron chi connectivity index (χ0n) is 11.2. The standard InChI is InChI=1S/C15H22BrNO/c1-3-11-5-4-6-13(7-11)17-14-8-12(16)9-15(10-14)18-2/h8-11,13,17H,3-7H2,1-2H3. The number of hydrogen-bond acceptors (Lipinski definition) is 2. The van der Waals surface area contributed by atoms with E-state index in [1.807, 2.05) is 6.07 Å². The number of rotatable bonds is 4. The van der Waals surface area contributed by atoms with Crippen molar-refractivity contribution in [2.45, 2.75) is 45.1 Å². The molecule has 1 aromatic rings. The Hall–Kier alpha value is -0.700. The molecule has 2 nitrogen and oxygen atoms in total. The number of benzene rings is 1. The van der Waals surface area contributed by atoms with Crippen LogP contribution in [0.1, 0.15) is 39.0 Å². The number of halogens is 1. The molecule has 100 valence electrons. The predicted octanol–water partition coefficient (Wildman–Crippen LogP) is 4.84. The number of hydrogen-bond donors (Lipinski definition) is 1. The minimum Gasteiger partial charge on any atom is -0.497 e. The molecule has 2 rings (SSSR count). The maximum absolute atomic E-state index is 5.30. The van der Waals surface area contributed by atoms with Crippen molar-refractivity contribution in [2.24, 2.45) is 5.92 Å². The van der Waals surface area contributed by atoms with E-state index in [1.165, 1.54) is 32.1 Å². The van der Waals surface area contributed by atoms with Gasteiger partial charge in [0, 0.05) is 22.3 Å². The molecule has 0 heterocycles. The third-order valence-electron chi connectivity index (χ3n) is 3.84. The van der Waals surface area contributed by atoms with Gasteiger partial charge in [-0.05, 0) is 30.9 Å². The first-order valence-corrected chi connectivity index (χ1v) is 7.61. The number of ether oxygens (including phenoxy) is 1. The molecule has 1 aliphatic carbocycles. The summed E-state index contributed by atoms with van der Waals surface area (Å²) in [6.45, 7) is 2.30. The monoisotopic (exact) mass is 311 g/mol. The van der Waals surface area contributed by atoms with Crippen LogP contribution in [0.5, 0.6) is 5.75 Å². The van der Waals surface area contributed by atoms with Gasteiger partial charge >= 0.3 is 0 Å². The molecule has 1 aromatic carbocycles. The van der Waals surface area contributed by atoms with Crippen molar-refractivity contribution in [3.05, 3.63) is 22.7 Å². The summed E-state index contributed by atoms with van der Waals surface area (Å²) in [5.41, 5.74) is 1.16. The van der Waals surface area contributed by atoms with Gasteiger partial charge in [-0.2, -0.15) is 0 Å². The van der Waals surface area contributed by atoms with Crippen LogP contribution in [-0.4, -0.2) is 13.2 Å². The van der Waals surface area contributed by atoms with E-state index in [2.05, 4.69) is 40.3 Å². The molecular weight excluding hydrogens is 290 g/mol. The van der Waals surface area contributed by atoms with Crippen molar-refractivity contribution in [1.29, 1.82) is 0 Å². The molecule has 0 amide bonds. The van der Waals surface area contributed by atoms with Gasteiger partial charge in [0.2, 0.25) is 0 Å². The van der Waals surface area contributed by atoms with E-state index < -0.39 is 0 Å². The average Bonchev–Trinajstić information content (AvgIpc) is 2.38. The van der Waals surface area contributed by atoms with Crippen LogP contribution >= 0.6 is 15.9 Å². The van der Waals surface area contributed by atoms with Crippen LogP contribution in [0.15, 0.2) is 22.7 Å². The minimum atomic E-state index is 0.614. The Morgan fingerprint density at radius 3 is 2.89 bits per heavy atom. The molecule has 0 aromatic heterocycles. The van der Waals surface area contributed by atoms with E-state index in [0.29, 0.717) is 6.04 Å². The summed E-state index contributed by atoms with van der Waals surface area (Å²) >= 11 is 3.52. The fraction of sp³-hybridized carbons (Fsp3) is 0.600. The molecule has 1 saturated carbocycles. The summed E-state index contributed by atoms with van der Waals surface area (Å²) in [7, 11) is 1.71. The molecule has 1 N–H and O–H groups in total. The summed E-state index contributed by atoms with van der Waals surface area (Å²) in [6.07, 6.45) is 6.63. The van der Waals surface area contributed by atoms with Crippen LogP contribution in [0, 0.1) is 5.92 Å². The van der Waals surface area contributed by atoms with Crippen molar-refractivity contribution in [3.63, 3.8) is 0 Å². The molecule has 2 atom stereocenters. The fourth-order valence-corrected chi connectivity index (χ4v) is 3.26. The SMILES string of the molecule is CCC1CCCC(Nc2cc(Br)cc(OC)c2)C1. The van der Waals surface area contributed by atoms with Crippen LogP contribution in [-0.2, 0) is 0 Å². The third kappa shape index (κ3) is 3.64. The second-order valence-corrected chi connectivity index (χ2v) is 6.08. The molecule has 0 aliphatic heterocycles. The van der Waals surface area contributed by atoms with Gasteiger partial charge in [-0.3, -0.25) is 0 Å². The predicted molar refractivity (Wildman–Crippen MR) is 80.4 cm³/mol. The first kappa shape index (κ1) is 13.7. The maximum Gasteiger partial charge on any atom is 0.122 e. The zero-order chi connectivity index (χ0) is 13.0. The third-order valence-corrected chi connectivity index (χ3v) is 4.30. The van der Waals surface area contributed by atoms with Crippen LogP contribution < -0.4 is 10.1 Å². The first-order chi connectivity index (χ1) is 8.71. The van der Waals surface area contributed by atoms with E-state index in [1.54, 1.807) is 7.11 Å². The summed E-state index contributed by atoms with van der Waals surface area (Å²) in [5, 5.41) is 3.65. The molecule has 18 heavy (non-hydrogen) atoms. The smallest absolute Gasteiger partial charge is 0.122 e. The lowest BCUT2D eigenvalue weighted by atomic mass is 9.84. The highest BCUT2D eigenvalue weighted by Crippen LogP contribution is 2.30. The largest absolute Gasteiger partial charge is 0.497 e. The Morgan fingerprint density at radius 2 is 2.17 bits per heavy atom. The minimum absolute atomic E-state index is 0.614. The highest BCUT2D eigenvalue weighted by atomic mass is 79.9. The Balaban J connectivity index is 2.02. The topological polar surface area (TPSA) is 21.3 Å². The lowest BCUT2D eigenvalue weighted by Crippen LogP contribution is -2.27. The van der Waals surface area contributed by atoms with Gasteiger partial charge in [0.05, 0.1) is 7.11 Å². The van der Waals surface area contributed by atoms with Gasteiger partial charge in [0.1, 0.15) is 5.75 Å². The highest BCUT2D eigenvalue weighted by molar-refractivity contribution is 9.10. The molecule has 1 aliphatic rings. The number of nitrogens with one attached hydrogen (secondary N) is 1. The van der Waals surface area contributed by atoms with Crippen molar-refractivity contribution in [1.82, 2.24) is 0 Å². The number of methoxy groups -OCH3 is 1. The number of anilines is 1. The quantitative estimate of drug-likeness (QED) is 0.859. The zero-order valence-corrected chi connectivity index (χ0v) is 12.8. The fourth-order valence-electron chi connectivity index (χ4n) is 2.79. The van der Waals surface area contributed by atoms with Gasteiger partial charge < -0.3 is 10.1 Å². The van der Waals surface area contributed by atoms with Gasteiger partial charge in [-0.15, -0.1) is 0 Å². The van der Waals surface area contributed by atoms with Crippen LogP contribution in [0.25, 0.3) is 0 Å². The summed E-state index contributed by atoms with van der Waals surface area (Å²) in [4.78, 5) is 0. The molecule has 0 saturated heterocycles. The molecule has 0 radical (unpaired) electrons. The second kappa shape index (κ2) is 6.46. The van der Waals surface area contributed by atoms with Gasteiger partial charge in [-0.25, -0.2) is 0 Å². The van der Waals surface area contributed by atoms with E-state index in [4.69, 9.17) is 4.74 Å². The molecule has 0 bridgehead atoms. The van der Waals surface area contributed by atoms with Crippen LogP contribution in [0.4, 0.5) is 5.69 Å². The van der Waals surface area contributed by atoms with Crippen molar-refractivity contribution in [3.8, 4) is 5.75 Å². The molecule has 2 unspecified atom stereocenters. The molecule has 3 heteroatoms. The van der Waals surface area contributed by atoms with E-state index in [-0.39, 0.29) is 0 Å². The van der Waals surface area contributed by atoms with Crippen molar-refractivity contribution < 1.29 is 4.74 Å². The second-order valence-electron chi connectivity index (χ2n) is 5.16. The molecular formula is C15H22BrNO. The van der Waals surface area contributed by atoms with Gasteiger partial charge in [0.25, 0.3) is 0 Å². The summed E-state index contributed by atoms with van der Waals surface area (Å²) in [5.74, 6) is 1.79. The normalized spacial score (nSPS) is 23.7. The Bertz CT molecular complexity index is 394. The Kier molecular flexibility index (Phi) is 4.93. The lowest BCUT2D eigenvalue weighted by molar-refractivity contribution is 0.327. The van der Waals surface area contributed by atoms with Gasteiger partial charge in [-0.1, -0.05) is 42.1 Å².